The summed E-state index contributed by atoms with van der Waals surface area (Å²) in [6.07, 6.45) is 0. The van der Waals surface area contributed by atoms with Crippen LogP contribution in [0.3, 0.4) is 0 Å². The van der Waals surface area contributed by atoms with Gasteiger partial charge in [0.25, 0.3) is 0 Å². The van der Waals surface area contributed by atoms with E-state index < -0.39 is 6.61 Å². The normalized spacial score (nSPS) is 10.4. The number of hydrogen-bond acceptors (Lipinski definition) is 2. The molecule has 0 saturated carbocycles. The molecule has 0 aliphatic carbocycles. The summed E-state index contributed by atoms with van der Waals surface area (Å²) < 4.78 is 34.0. The van der Waals surface area contributed by atoms with E-state index in [1.807, 2.05) is 0 Å². The molecule has 14 heavy (non-hydrogen) atoms. The molecule has 1 rings (SSSR count). The molecule has 78 valence electrons. The fraction of sp³-hybridized carbons (Fsp3) is 0.250. The SMILES string of the molecule is COc1cc(Br)c(OC(F)F)c(Br)c1. The third-order valence-corrected chi connectivity index (χ3v) is 2.59. The van der Waals surface area contributed by atoms with Crippen LogP contribution >= 0.6 is 31.9 Å². The lowest BCUT2D eigenvalue weighted by molar-refractivity contribution is -0.0509. The molecule has 0 bridgehead atoms. The summed E-state index contributed by atoms with van der Waals surface area (Å²) in [5.74, 6) is 0.603. The van der Waals surface area contributed by atoms with Gasteiger partial charge in [-0.25, -0.2) is 0 Å². The van der Waals surface area contributed by atoms with Gasteiger partial charge in [0.15, 0.2) is 5.75 Å². The molecule has 0 radical (unpaired) electrons. The summed E-state index contributed by atoms with van der Waals surface area (Å²) in [5.41, 5.74) is 0. The van der Waals surface area contributed by atoms with Gasteiger partial charge in [-0.15, -0.1) is 0 Å². The quantitative estimate of drug-likeness (QED) is 0.838. The number of rotatable bonds is 3. The number of ether oxygens (including phenoxy) is 2. The molecule has 6 heteroatoms. The highest BCUT2D eigenvalue weighted by Crippen LogP contribution is 2.37. The molecule has 0 spiro atoms. The smallest absolute Gasteiger partial charge is 0.387 e. The van der Waals surface area contributed by atoms with Gasteiger partial charge in [0.2, 0.25) is 0 Å². The van der Waals surface area contributed by atoms with Crippen LogP contribution in [-0.2, 0) is 0 Å². The van der Waals surface area contributed by atoms with E-state index in [1.165, 1.54) is 7.11 Å². The molecule has 0 aromatic heterocycles. The molecular weight excluding hydrogens is 326 g/mol. The lowest BCUT2D eigenvalue weighted by atomic mass is 10.3. The summed E-state index contributed by atoms with van der Waals surface area (Å²) in [6, 6.07) is 3.09. The zero-order chi connectivity index (χ0) is 10.7. The van der Waals surface area contributed by atoms with Crippen molar-refractivity contribution < 1.29 is 18.3 Å². The van der Waals surface area contributed by atoms with Crippen molar-refractivity contribution in [3.8, 4) is 11.5 Å². The van der Waals surface area contributed by atoms with Gasteiger partial charge < -0.3 is 9.47 Å². The molecule has 0 aliphatic rings. The summed E-state index contributed by atoms with van der Waals surface area (Å²) in [5, 5.41) is 0. The van der Waals surface area contributed by atoms with Crippen LogP contribution < -0.4 is 9.47 Å². The van der Waals surface area contributed by atoms with E-state index in [0.717, 1.165) is 0 Å². The number of benzene rings is 1. The molecule has 0 fully saturated rings. The van der Waals surface area contributed by atoms with Crippen molar-refractivity contribution in [2.45, 2.75) is 6.61 Å². The number of hydrogen-bond donors (Lipinski definition) is 0. The summed E-state index contributed by atoms with van der Waals surface area (Å²) in [7, 11) is 1.49. The predicted molar refractivity (Wildman–Crippen MR) is 55.0 cm³/mol. The largest absolute Gasteiger partial charge is 0.497 e. The summed E-state index contributed by atoms with van der Waals surface area (Å²) >= 11 is 6.20. The third kappa shape index (κ3) is 2.81. The van der Waals surface area contributed by atoms with Crippen molar-refractivity contribution in [2.75, 3.05) is 7.11 Å². The van der Waals surface area contributed by atoms with E-state index in [9.17, 15) is 8.78 Å². The first-order valence-corrected chi connectivity index (χ1v) is 5.11. The van der Waals surface area contributed by atoms with Gasteiger partial charge in [0.05, 0.1) is 16.1 Å². The Bertz CT molecular complexity index is 308. The Morgan fingerprint density at radius 1 is 1.21 bits per heavy atom. The molecule has 0 aliphatic heterocycles. The fourth-order valence-corrected chi connectivity index (χ4v) is 2.19. The van der Waals surface area contributed by atoms with Crippen LogP contribution in [0.1, 0.15) is 0 Å². The number of halogens is 4. The van der Waals surface area contributed by atoms with E-state index in [0.29, 0.717) is 14.7 Å². The van der Waals surface area contributed by atoms with Crippen molar-refractivity contribution >= 4 is 31.9 Å². The van der Waals surface area contributed by atoms with Crippen molar-refractivity contribution in [3.05, 3.63) is 21.1 Å². The van der Waals surface area contributed by atoms with E-state index in [2.05, 4.69) is 36.6 Å². The third-order valence-electron chi connectivity index (χ3n) is 1.41. The molecule has 0 amide bonds. The van der Waals surface area contributed by atoms with Gasteiger partial charge >= 0.3 is 6.61 Å². The highest BCUT2D eigenvalue weighted by atomic mass is 79.9. The van der Waals surface area contributed by atoms with Crippen LogP contribution in [-0.4, -0.2) is 13.7 Å². The minimum atomic E-state index is -2.85. The number of alkyl halides is 2. The van der Waals surface area contributed by atoms with Crippen molar-refractivity contribution in [1.29, 1.82) is 0 Å². The Labute approximate surface area is 96.5 Å². The van der Waals surface area contributed by atoms with Crippen LogP contribution in [0.2, 0.25) is 0 Å². The average molecular weight is 332 g/mol. The molecule has 0 atom stereocenters. The maximum absolute atomic E-state index is 12.0. The second-order valence-electron chi connectivity index (χ2n) is 2.30. The Kier molecular flexibility index (Phi) is 4.12. The first-order valence-electron chi connectivity index (χ1n) is 3.52. The summed E-state index contributed by atoms with van der Waals surface area (Å²) in [6.45, 7) is -2.85. The van der Waals surface area contributed by atoms with Crippen LogP contribution in [0.5, 0.6) is 11.5 Å². The van der Waals surface area contributed by atoms with Crippen LogP contribution in [0.4, 0.5) is 8.78 Å². The summed E-state index contributed by atoms with van der Waals surface area (Å²) in [4.78, 5) is 0. The Morgan fingerprint density at radius 3 is 2.07 bits per heavy atom. The van der Waals surface area contributed by atoms with Crippen molar-refractivity contribution in [2.24, 2.45) is 0 Å². The Hall–Kier alpha value is -0.360. The van der Waals surface area contributed by atoms with Crippen LogP contribution in [0.15, 0.2) is 21.1 Å². The zero-order valence-electron chi connectivity index (χ0n) is 7.06. The van der Waals surface area contributed by atoms with Gasteiger partial charge in [-0.05, 0) is 44.0 Å². The molecule has 2 nitrogen and oxygen atoms in total. The topological polar surface area (TPSA) is 18.5 Å². The van der Waals surface area contributed by atoms with E-state index in [1.54, 1.807) is 12.1 Å². The van der Waals surface area contributed by atoms with E-state index >= 15 is 0 Å². The lowest BCUT2D eigenvalue weighted by Gasteiger charge is -2.10. The van der Waals surface area contributed by atoms with Gasteiger partial charge in [-0.3, -0.25) is 0 Å². The van der Waals surface area contributed by atoms with E-state index in [-0.39, 0.29) is 5.75 Å². The molecule has 0 N–H and O–H groups in total. The van der Waals surface area contributed by atoms with Gasteiger partial charge in [0, 0.05) is 0 Å². The Morgan fingerprint density at radius 2 is 1.71 bits per heavy atom. The zero-order valence-corrected chi connectivity index (χ0v) is 10.2. The van der Waals surface area contributed by atoms with Crippen LogP contribution in [0, 0.1) is 0 Å². The molecule has 0 heterocycles. The highest BCUT2D eigenvalue weighted by Gasteiger charge is 2.13. The Balaban J connectivity index is 3.05. The van der Waals surface area contributed by atoms with Gasteiger partial charge in [-0.2, -0.15) is 8.78 Å². The van der Waals surface area contributed by atoms with Gasteiger partial charge in [0.1, 0.15) is 5.75 Å². The average Bonchev–Trinajstić information content (AvgIpc) is 2.10. The fourth-order valence-electron chi connectivity index (χ4n) is 0.856. The predicted octanol–water partition coefficient (Wildman–Crippen LogP) is 3.82. The molecule has 1 aromatic carbocycles. The van der Waals surface area contributed by atoms with Crippen LogP contribution in [0.25, 0.3) is 0 Å². The first-order chi connectivity index (χ1) is 6.54. The van der Waals surface area contributed by atoms with Crippen molar-refractivity contribution in [1.82, 2.24) is 0 Å². The minimum absolute atomic E-state index is 0.0563. The second-order valence-corrected chi connectivity index (χ2v) is 4.01. The van der Waals surface area contributed by atoms with Gasteiger partial charge in [-0.1, -0.05) is 0 Å². The minimum Gasteiger partial charge on any atom is -0.497 e. The maximum atomic E-state index is 12.0. The monoisotopic (exact) mass is 330 g/mol. The highest BCUT2D eigenvalue weighted by molar-refractivity contribution is 9.11. The molecule has 0 saturated heterocycles. The lowest BCUT2D eigenvalue weighted by Crippen LogP contribution is -2.03. The first kappa shape index (κ1) is 11.7. The second kappa shape index (κ2) is 4.93. The molecule has 0 unspecified atom stereocenters. The van der Waals surface area contributed by atoms with Crippen molar-refractivity contribution in [3.63, 3.8) is 0 Å². The maximum Gasteiger partial charge on any atom is 0.387 e. The number of methoxy groups -OCH3 is 1. The standard InChI is InChI=1S/C8H6Br2F2O2/c1-13-4-2-5(9)7(6(10)3-4)14-8(11)12/h2-3,8H,1H3. The molecule has 1 aromatic rings. The molecular formula is C8H6Br2F2O2. The van der Waals surface area contributed by atoms with E-state index in [4.69, 9.17) is 4.74 Å².